The number of rotatable bonds is 3. The van der Waals surface area contributed by atoms with Crippen molar-refractivity contribution in [3.8, 4) is 5.75 Å². The number of carbonyl (C=O) groups is 1. The Balaban J connectivity index is 2.46. The summed E-state index contributed by atoms with van der Waals surface area (Å²) in [6.45, 7) is 3.93. The third kappa shape index (κ3) is 2.57. The Morgan fingerprint density at radius 1 is 1.05 bits per heavy atom. The van der Waals surface area contributed by atoms with Crippen molar-refractivity contribution in [1.29, 1.82) is 0 Å². The zero-order chi connectivity index (χ0) is 14.0. The molecule has 0 radical (unpaired) electrons. The van der Waals surface area contributed by atoms with Crippen LogP contribution in [0.5, 0.6) is 5.75 Å². The van der Waals surface area contributed by atoms with Gasteiger partial charge in [0.25, 0.3) is 0 Å². The molecule has 0 aliphatic carbocycles. The second-order valence-corrected chi connectivity index (χ2v) is 4.13. The normalized spacial score (nSPS) is 10.1. The third-order valence-corrected chi connectivity index (χ3v) is 2.84. The van der Waals surface area contributed by atoms with Crippen LogP contribution in [0.2, 0.25) is 0 Å². The second kappa shape index (κ2) is 4.86. The molecule has 0 saturated heterocycles. The number of aromatic carboxylic acids is 1. The smallest absolute Gasteiger partial charge is 0.335 e. The Kier molecular flexibility index (Phi) is 3.25. The van der Waals surface area contributed by atoms with Crippen LogP contribution in [-0.2, 0) is 0 Å². The molecule has 2 aromatic rings. The topological polar surface area (TPSA) is 83.5 Å². The van der Waals surface area contributed by atoms with E-state index < -0.39 is 5.97 Å². The Labute approximate surface area is 110 Å². The summed E-state index contributed by atoms with van der Waals surface area (Å²) < 4.78 is 0. The van der Waals surface area contributed by atoms with Gasteiger partial charge in [0.15, 0.2) is 0 Å². The number of nitrogen functional groups attached to an aromatic ring is 1. The molecule has 0 aliphatic heterocycles. The minimum atomic E-state index is -1.01. The van der Waals surface area contributed by atoms with E-state index in [0.29, 0.717) is 16.8 Å². The minimum Gasteiger partial charge on any atom is -0.508 e. The van der Waals surface area contributed by atoms with Gasteiger partial charge in [0.05, 0.1) is 5.56 Å². The van der Waals surface area contributed by atoms with Gasteiger partial charge in [0.2, 0.25) is 0 Å². The van der Waals surface area contributed by atoms with Crippen LogP contribution in [0.3, 0.4) is 0 Å². The summed E-state index contributed by atoms with van der Waals surface area (Å²) in [6.07, 6.45) is 0. The summed E-state index contributed by atoms with van der Waals surface area (Å²) in [7, 11) is 0. The quantitative estimate of drug-likeness (QED) is 0.736. The number of phenolic OH excluding ortho intramolecular Hbond substituents is 1. The van der Waals surface area contributed by atoms with Crippen LogP contribution < -0.4 is 5.73 Å². The highest BCUT2D eigenvalue weighted by molar-refractivity contribution is 5.92. The summed E-state index contributed by atoms with van der Waals surface area (Å²) in [6, 6.07) is 11.0. The zero-order valence-corrected chi connectivity index (χ0v) is 10.1. The van der Waals surface area contributed by atoms with Gasteiger partial charge in [-0.25, -0.2) is 4.79 Å². The molecule has 96 valence electrons. The number of benzene rings is 2. The fourth-order valence-corrected chi connectivity index (χ4v) is 1.77. The van der Waals surface area contributed by atoms with E-state index in [-0.39, 0.29) is 11.3 Å². The monoisotopic (exact) mass is 255 g/mol. The fraction of sp³-hybridized carbons (Fsp3) is 0. The highest BCUT2D eigenvalue weighted by Gasteiger charge is 2.10. The van der Waals surface area contributed by atoms with Crippen LogP contribution >= 0.6 is 0 Å². The highest BCUT2D eigenvalue weighted by Crippen LogP contribution is 2.28. The van der Waals surface area contributed by atoms with Gasteiger partial charge in [-0.3, -0.25) is 0 Å². The molecule has 0 saturated carbocycles. The Morgan fingerprint density at radius 3 is 2.21 bits per heavy atom. The molecule has 2 rings (SSSR count). The van der Waals surface area contributed by atoms with Gasteiger partial charge in [-0.15, -0.1) is 0 Å². The SMILES string of the molecule is C=C(c1ccc(O)cc1)c1cc(C(=O)O)ccc1N. The maximum absolute atomic E-state index is 11.0. The lowest BCUT2D eigenvalue weighted by Crippen LogP contribution is -2.01. The van der Waals surface area contributed by atoms with Gasteiger partial charge in [-0.1, -0.05) is 18.7 Å². The predicted octanol–water partition coefficient (Wildman–Crippen LogP) is 2.73. The molecule has 0 bridgehead atoms. The van der Waals surface area contributed by atoms with E-state index in [2.05, 4.69) is 6.58 Å². The first-order valence-electron chi connectivity index (χ1n) is 5.60. The van der Waals surface area contributed by atoms with Crippen molar-refractivity contribution in [3.63, 3.8) is 0 Å². The number of anilines is 1. The van der Waals surface area contributed by atoms with Crippen molar-refractivity contribution in [3.05, 3.63) is 65.7 Å². The first-order valence-corrected chi connectivity index (χ1v) is 5.60. The third-order valence-electron chi connectivity index (χ3n) is 2.84. The number of carboxylic acids is 1. The molecule has 0 spiro atoms. The standard InChI is InChI=1S/C15H13NO3/c1-9(10-2-5-12(17)6-3-10)13-8-11(15(18)19)4-7-14(13)16/h2-8,17H,1,16H2,(H,18,19). The molecule has 0 aliphatic rings. The zero-order valence-electron chi connectivity index (χ0n) is 10.1. The number of carboxylic acid groups (broad SMARTS) is 1. The molecule has 4 N–H and O–H groups in total. The molecule has 2 aromatic carbocycles. The van der Waals surface area contributed by atoms with Crippen molar-refractivity contribution in [2.45, 2.75) is 0 Å². The van der Waals surface area contributed by atoms with Crippen LogP contribution in [0.1, 0.15) is 21.5 Å². The van der Waals surface area contributed by atoms with Crippen molar-refractivity contribution < 1.29 is 15.0 Å². The fourth-order valence-electron chi connectivity index (χ4n) is 1.77. The lowest BCUT2D eigenvalue weighted by Gasteiger charge is -2.10. The number of hydrogen-bond acceptors (Lipinski definition) is 3. The first-order chi connectivity index (χ1) is 8.99. The van der Waals surface area contributed by atoms with E-state index in [4.69, 9.17) is 10.8 Å². The maximum Gasteiger partial charge on any atom is 0.335 e. The van der Waals surface area contributed by atoms with Crippen molar-refractivity contribution >= 4 is 17.2 Å². The minimum absolute atomic E-state index is 0.156. The number of nitrogens with two attached hydrogens (primary N) is 1. The predicted molar refractivity (Wildman–Crippen MR) is 74.1 cm³/mol. The average Bonchev–Trinajstić information content (AvgIpc) is 2.39. The molecule has 4 heteroatoms. The van der Waals surface area contributed by atoms with Gasteiger partial charge in [0, 0.05) is 11.3 Å². The summed E-state index contributed by atoms with van der Waals surface area (Å²) in [5, 5.41) is 18.2. The van der Waals surface area contributed by atoms with Gasteiger partial charge in [0.1, 0.15) is 5.75 Å². The van der Waals surface area contributed by atoms with Crippen LogP contribution in [0.15, 0.2) is 49.0 Å². The maximum atomic E-state index is 11.0. The number of hydrogen-bond donors (Lipinski definition) is 3. The molecule has 0 heterocycles. The largest absolute Gasteiger partial charge is 0.508 e. The van der Waals surface area contributed by atoms with E-state index in [0.717, 1.165) is 5.56 Å². The summed E-state index contributed by atoms with van der Waals surface area (Å²) in [5.74, 6) is -0.858. The lowest BCUT2D eigenvalue weighted by atomic mass is 9.96. The molecular weight excluding hydrogens is 242 g/mol. The van der Waals surface area contributed by atoms with Gasteiger partial charge >= 0.3 is 5.97 Å². The summed E-state index contributed by atoms with van der Waals surface area (Å²) in [4.78, 5) is 11.0. The summed E-state index contributed by atoms with van der Waals surface area (Å²) in [5.41, 5.74) is 8.43. The second-order valence-electron chi connectivity index (χ2n) is 4.13. The van der Waals surface area contributed by atoms with E-state index in [1.807, 2.05) is 0 Å². The Bertz CT molecular complexity index is 645. The van der Waals surface area contributed by atoms with Crippen LogP contribution in [0.4, 0.5) is 5.69 Å². The Morgan fingerprint density at radius 2 is 1.63 bits per heavy atom. The molecule has 0 atom stereocenters. The van der Waals surface area contributed by atoms with Crippen molar-refractivity contribution in [2.24, 2.45) is 0 Å². The van der Waals surface area contributed by atoms with Gasteiger partial charge < -0.3 is 15.9 Å². The lowest BCUT2D eigenvalue weighted by molar-refractivity contribution is 0.0697. The molecule has 0 aromatic heterocycles. The van der Waals surface area contributed by atoms with E-state index in [1.54, 1.807) is 18.2 Å². The average molecular weight is 255 g/mol. The summed E-state index contributed by atoms with van der Waals surface area (Å²) >= 11 is 0. The Hall–Kier alpha value is -2.75. The van der Waals surface area contributed by atoms with Crippen LogP contribution in [-0.4, -0.2) is 16.2 Å². The van der Waals surface area contributed by atoms with Gasteiger partial charge in [-0.05, 0) is 41.5 Å². The van der Waals surface area contributed by atoms with Crippen molar-refractivity contribution in [2.75, 3.05) is 5.73 Å². The van der Waals surface area contributed by atoms with Gasteiger partial charge in [-0.2, -0.15) is 0 Å². The molecule has 19 heavy (non-hydrogen) atoms. The molecule has 4 nitrogen and oxygen atoms in total. The molecular formula is C15H13NO3. The van der Waals surface area contributed by atoms with Crippen LogP contribution in [0, 0.1) is 0 Å². The van der Waals surface area contributed by atoms with Crippen molar-refractivity contribution in [1.82, 2.24) is 0 Å². The highest BCUT2D eigenvalue weighted by atomic mass is 16.4. The molecule has 0 unspecified atom stereocenters. The number of phenols is 1. The molecule has 0 fully saturated rings. The van der Waals surface area contributed by atoms with E-state index >= 15 is 0 Å². The van der Waals surface area contributed by atoms with E-state index in [1.165, 1.54) is 24.3 Å². The molecule has 0 amide bonds. The first kappa shape index (κ1) is 12.7. The number of aromatic hydroxyl groups is 1. The van der Waals surface area contributed by atoms with E-state index in [9.17, 15) is 9.90 Å². The van der Waals surface area contributed by atoms with Crippen LogP contribution in [0.25, 0.3) is 5.57 Å².